The van der Waals surface area contributed by atoms with Gasteiger partial charge in [0.15, 0.2) is 0 Å². The van der Waals surface area contributed by atoms with Gasteiger partial charge in [-0.2, -0.15) is 0 Å². The molecule has 5 heteroatoms. The van der Waals surface area contributed by atoms with Crippen molar-refractivity contribution in [2.24, 2.45) is 0 Å². The fraction of sp³-hybridized carbons (Fsp3) is 0.276. The van der Waals surface area contributed by atoms with Gasteiger partial charge in [-0.15, -0.1) is 0 Å². The molecular weight excluding hydrogens is 436 g/mol. The van der Waals surface area contributed by atoms with Gasteiger partial charge in [0.1, 0.15) is 0 Å². The van der Waals surface area contributed by atoms with E-state index in [2.05, 4.69) is 85.7 Å². The molecule has 34 heavy (non-hydrogen) atoms. The van der Waals surface area contributed by atoms with Gasteiger partial charge >= 0.3 is 204 Å². The second kappa shape index (κ2) is 8.75. The molecular formula is C29H33BNO2P. The average molecular weight is 469 g/mol. The molecule has 0 unspecified atom stereocenters. The molecule has 0 atom stereocenters. The third kappa shape index (κ3) is 4.57. The minimum absolute atomic E-state index is 0.323. The summed E-state index contributed by atoms with van der Waals surface area (Å²) in [5.41, 5.74) is 5.22. The SMILES string of the molecule is B[PH]1(CCNC(=O)OC(C)(C)C)Cc2ccc3ccccc3c2-c2c(ccc3ccccc23)C1. The summed E-state index contributed by atoms with van der Waals surface area (Å²) in [7, 11) is 0.733. The van der Waals surface area contributed by atoms with Crippen molar-refractivity contribution < 1.29 is 9.53 Å². The second-order valence-electron chi connectivity index (χ2n) is 11.0. The van der Waals surface area contributed by atoms with Crippen molar-refractivity contribution in [1.82, 2.24) is 5.32 Å². The van der Waals surface area contributed by atoms with Crippen LogP contribution in [0.4, 0.5) is 4.79 Å². The normalized spacial score (nSPS) is 15.7. The van der Waals surface area contributed by atoms with Gasteiger partial charge in [-0.25, -0.2) is 0 Å². The summed E-state index contributed by atoms with van der Waals surface area (Å²) < 4.78 is 5.46. The number of hydrogen-bond donors (Lipinski definition) is 1. The van der Waals surface area contributed by atoms with Crippen LogP contribution in [0.3, 0.4) is 0 Å². The molecule has 0 aliphatic carbocycles. The molecule has 0 spiro atoms. The number of rotatable bonds is 3. The molecule has 1 aliphatic rings. The number of amides is 1. The van der Waals surface area contributed by atoms with E-state index in [0.29, 0.717) is 6.54 Å². The third-order valence-electron chi connectivity index (χ3n) is 6.91. The van der Waals surface area contributed by atoms with Crippen LogP contribution in [0.2, 0.25) is 0 Å². The van der Waals surface area contributed by atoms with Crippen LogP contribution in [0, 0.1) is 0 Å². The van der Waals surface area contributed by atoms with Crippen LogP contribution >= 0.6 is 7.14 Å². The van der Waals surface area contributed by atoms with Crippen molar-refractivity contribution in [2.75, 3.05) is 12.7 Å². The van der Waals surface area contributed by atoms with Crippen LogP contribution in [0.5, 0.6) is 0 Å². The first-order valence-electron chi connectivity index (χ1n) is 12.2. The van der Waals surface area contributed by atoms with Crippen LogP contribution in [0.1, 0.15) is 31.9 Å². The predicted octanol–water partition coefficient (Wildman–Crippen LogP) is 6.50. The first-order valence-corrected chi connectivity index (χ1v) is 15.3. The van der Waals surface area contributed by atoms with Crippen molar-refractivity contribution in [2.45, 2.75) is 38.7 Å². The molecule has 1 N–H and O–H groups in total. The fourth-order valence-corrected chi connectivity index (χ4v) is 9.09. The first kappa shape index (κ1) is 22.9. The van der Waals surface area contributed by atoms with E-state index in [1.165, 1.54) is 43.8 Å². The number of fused-ring (bicyclic) bond motifs is 7. The van der Waals surface area contributed by atoms with E-state index < -0.39 is 12.7 Å². The van der Waals surface area contributed by atoms with Crippen LogP contribution in [-0.2, 0) is 17.1 Å². The van der Waals surface area contributed by atoms with Gasteiger partial charge in [0.2, 0.25) is 0 Å². The maximum atomic E-state index is 12.2. The quantitative estimate of drug-likeness (QED) is 0.275. The van der Waals surface area contributed by atoms with E-state index in [1.54, 1.807) is 0 Å². The summed E-state index contributed by atoms with van der Waals surface area (Å²) in [4.78, 5) is 12.2. The van der Waals surface area contributed by atoms with E-state index in [9.17, 15) is 4.79 Å². The van der Waals surface area contributed by atoms with Gasteiger partial charge in [0, 0.05) is 0 Å². The van der Waals surface area contributed by atoms with Crippen molar-refractivity contribution >= 4 is 42.3 Å². The minimum atomic E-state index is -1.76. The summed E-state index contributed by atoms with van der Waals surface area (Å²) in [6.45, 7) is 6.35. The monoisotopic (exact) mass is 469 g/mol. The summed E-state index contributed by atoms with van der Waals surface area (Å²) in [5, 5.41) is 8.26. The molecule has 4 aromatic carbocycles. The Balaban J connectivity index is 1.58. The molecule has 1 heterocycles. The van der Waals surface area contributed by atoms with Gasteiger partial charge in [0.25, 0.3) is 0 Å². The van der Waals surface area contributed by atoms with Crippen molar-refractivity contribution in [3.63, 3.8) is 0 Å². The Morgan fingerprint density at radius 3 is 1.85 bits per heavy atom. The van der Waals surface area contributed by atoms with Crippen molar-refractivity contribution in [1.29, 1.82) is 0 Å². The molecule has 0 saturated heterocycles. The Morgan fingerprint density at radius 1 is 0.853 bits per heavy atom. The molecule has 0 aromatic heterocycles. The van der Waals surface area contributed by atoms with E-state index >= 15 is 0 Å². The number of alkyl carbamates (subject to hydrolysis) is 1. The van der Waals surface area contributed by atoms with Gasteiger partial charge in [0.05, 0.1) is 0 Å². The third-order valence-corrected chi connectivity index (χ3v) is 10.8. The molecule has 1 aliphatic heterocycles. The van der Waals surface area contributed by atoms with Crippen LogP contribution < -0.4 is 5.32 Å². The number of nitrogens with one attached hydrogen (secondary N) is 1. The summed E-state index contributed by atoms with van der Waals surface area (Å²) in [5.74, 6) is 0. The van der Waals surface area contributed by atoms with E-state index in [-0.39, 0.29) is 6.09 Å². The maximum absolute atomic E-state index is 12.2. The zero-order valence-corrected chi connectivity index (χ0v) is 21.6. The van der Waals surface area contributed by atoms with E-state index in [4.69, 9.17) is 4.74 Å². The Morgan fingerprint density at radius 2 is 1.35 bits per heavy atom. The van der Waals surface area contributed by atoms with Crippen molar-refractivity contribution in [3.8, 4) is 11.1 Å². The molecule has 174 valence electrons. The predicted molar refractivity (Wildman–Crippen MR) is 150 cm³/mol. The average Bonchev–Trinajstić information content (AvgIpc) is 2.91. The topological polar surface area (TPSA) is 38.3 Å². The number of benzene rings is 4. The molecule has 4 aromatic rings. The second-order valence-corrected chi connectivity index (χ2v) is 15.8. The summed E-state index contributed by atoms with van der Waals surface area (Å²) in [6, 6.07) is 26.8. The Labute approximate surface area is 203 Å². The Hall–Kier alpha value is -2.84. The molecule has 5 rings (SSSR count). The zero-order valence-electron chi connectivity index (χ0n) is 20.6. The number of ether oxygens (including phenoxy) is 1. The van der Waals surface area contributed by atoms with Gasteiger partial charge in [-0.3, -0.25) is 0 Å². The zero-order chi connectivity index (χ0) is 23.9. The Bertz CT molecular complexity index is 1310. The molecule has 0 radical (unpaired) electrons. The van der Waals surface area contributed by atoms with Crippen LogP contribution in [0.25, 0.3) is 32.7 Å². The Kier molecular flexibility index (Phi) is 5.90. The van der Waals surface area contributed by atoms with Crippen molar-refractivity contribution in [3.05, 3.63) is 83.9 Å². The molecule has 0 saturated carbocycles. The molecule has 1 amide bonds. The van der Waals surface area contributed by atoms with E-state index in [1.807, 2.05) is 20.8 Å². The number of carbonyl (C=O) groups is 1. The van der Waals surface area contributed by atoms with Gasteiger partial charge in [-0.05, 0) is 0 Å². The molecule has 0 fully saturated rings. The standard InChI is InChI=1S/C29H33BNO2P/c1-29(2,3)33-28(32)31-16-17-34(30)18-22-14-12-20-8-4-6-10-24(20)26(22)27-23(19-34)15-13-21-9-5-7-11-25(21)27/h4-15,34H,16-19,30H2,1-3H3,(H,31,32). The first-order chi connectivity index (χ1) is 16.2. The number of hydrogen-bond acceptors (Lipinski definition) is 2. The molecule has 0 bridgehead atoms. The fourth-order valence-electron chi connectivity index (χ4n) is 5.46. The summed E-state index contributed by atoms with van der Waals surface area (Å²) in [6.07, 6.45) is 2.90. The van der Waals surface area contributed by atoms with Crippen LogP contribution in [-0.4, -0.2) is 32.0 Å². The van der Waals surface area contributed by atoms with Crippen LogP contribution in [0.15, 0.2) is 72.8 Å². The van der Waals surface area contributed by atoms with Gasteiger partial charge < -0.3 is 0 Å². The van der Waals surface area contributed by atoms with Gasteiger partial charge in [-0.1, -0.05) is 0 Å². The number of carbonyl (C=O) groups excluding carboxylic acids is 1. The molecule has 3 nitrogen and oxygen atoms in total. The summed E-state index contributed by atoms with van der Waals surface area (Å²) >= 11 is 0. The van der Waals surface area contributed by atoms with E-state index in [0.717, 1.165) is 18.5 Å².